The van der Waals surface area contributed by atoms with Crippen LogP contribution in [-0.2, 0) is 9.53 Å². The third-order valence-corrected chi connectivity index (χ3v) is 3.78. The van der Waals surface area contributed by atoms with Gasteiger partial charge in [0.25, 0.3) is 0 Å². The van der Waals surface area contributed by atoms with Gasteiger partial charge < -0.3 is 4.74 Å². The summed E-state index contributed by atoms with van der Waals surface area (Å²) >= 11 is 0. The molecule has 2 heteroatoms. The van der Waals surface area contributed by atoms with E-state index in [1.807, 2.05) is 6.92 Å². The van der Waals surface area contributed by atoms with Crippen LogP contribution in [0.1, 0.15) is 58.8 Å². The van der Waals surface area contributed by atoms with Crippen molar-refractivity contribution >= 4 is 5.97 Å². The summed E-state index contributed by atoms with van der Waals surface area (Å²) in [5.41, 5.74) is 1.36. The summed E-state index contributed by atoms with van der Waals surface area (Å²) in [7, 11) is 0. The highest BCUT2D eigenvalue weighted by atomic mass is 16.5. The molecule has 0 bridgehead atoms. The molecule has 2 nitrogen and oxygen atoms in total. The number of esters is 1. The Labute approximate surface area is 105 Å². The van der Waals surface area contributed by atoms with Crippen molar-refractivity contribution in [2.45, 2.75) is 58.8 Å². The zero-order chi connectivity index (χ0) is 12.7. The highest BCUT2D eigenvalue weighted by Crippen LogP contribution is 2.40. The number of ether oxygens (including phenoxy) is 1. The number of carbonyl (C=O) groups excluding carboxylic acids is 1. The second kappa shape index (κ2) is 7.52. The lowest BCUT2D eigenvalue weighted by molar-refractivity contribution is -0.144. The fraction of sp³-hybridized carbons (Fsp3) is 0.800. The molecule has 0 aromatic rings. The van der Waals surface area contributed by atoms with Crippen molar-refractivity contribution in [1.82, 2.24) is 0 Å². The second-order valence-corrected chi connectivity index (χ2v) is 5.07. The van der Waals surface area contributed by atoms with Gasteiger partial charge >= 0.3 is 5.97 Å². The van der Waals surface area contributed by atoms with E-state index in [1.165, 1.54) is 31.3 Å². The maximum absolute atomic E-state index is 11.5. The zero-order valence-corrected chi connectivity index (χ0v) is 11.3. The van der Waals surface area contributed by atoms with Gasteiger partial charge in [-0.25, -0.2) is 0 Å². The van der Waals surface area contributed by atoms with E-state index in [0.717, 1.165) is 12.8 Å². The summed E-state index contributed by atoms with van der Waals surface area (Å²) in [6.07, 6.45) is 7.81. The molecular weight excluding hydrogens is 212 g/mol. The maximum Gasteiger partial charge on any atom is 0.306 e. The Morgan fingerprint density at radius 3 is 2.82 bits per heavy atom. The molecule has 1 aliphatic carbocycles. The monoisotopic (exact) mass is 238 g/mol. The van der Waals surface area contributed by atoms with Crippen LogP contribution >= 0.6 is 0 Å². The van der Waals surface area contributed by atoms with Gasteiger partial charge in [0, 0.05) is 6.42 Å². The fourth-order valence-corrected chi connectivity index (χ4v) is 2.82. The summed E-state index contributed by atoms with van der Waals surface area (Å²) in [5, 5.41) is 0. The third-order valence-electron chi connectivity index (χ3n) is 3.78. The van der Waals surface area contributed by atoms with Gasteiger partial charge in [0.05, 0.1) is 6.61 Å². The number of allylic oxidation sites excluding steroid dienone is 1. The van der Waals surface area contributed by atoms with E-state index < -0.39 is 0 Å². The van der Waals surface area contributed by atoms with Crippen LogP contribution in [0.4, 0.5) is 0 Å². The molecule has 0 unspecified atom stereocenters. The number of unbranched alkanes of at least 4 members (excludes halogenated alkanes) is 2. The molecule has 1 rings (SSSR count). The minimum Gasteiger partial charge on any atom is -0.466 e. The second-order valence-electron chi connectivity index (χ2n) is 5.07. The van der Waals surface area contributed by atoms with E-state index in [9.17, 15) is 4.79 Å². The molecular formula is C15H26O2. The first-order chi connectivity index (χ1) is 8.19. The van der Waals surface area contributed by atoms with Crippen molar-refractivity contribution in [2.24, 2.45) is 11.8 Å². The summed E-state index contributed by atoms with van der Waals surface area (Å²) in [4.78, 5) is 11.5. The minimum absolute atomic E-state index is 0.0345. The smallest absolute Gasteiger partial charge is 0.306 e. The number of hydrogen-bond acceptors (Lipinski definition) is 2. The van der Waals surface area contributed by atoms with Gasteiger partial charge in [0.1, 0.15) is 0 Å². The van der Waals surface area contributed by atoms with Gasteiger partial charge in [-0.15, -0.1) is 0 Å². The first-order valence-corrected chi connectivity index (χ1v) is 7.02. The van der Waals surface area contributed by atoms with Gasteiger partial charge in [-0.2, -0.15) is 0 Å². The molecule has 0 saturated heterocycles. The predicted molar refractivity (Wildman–Crippen MR) is 70.7 cm³/mol. The van der Waals surface area contributed by atoms with E-state index >= 15 is 0 Å². The standard InChI is InChI=1S/C15H26O2/c1-4-6-7-8-14-12(3)9-10-13(14)11-15(16)17-5-2/h13-14H,3-11H2,1-2H3/t13-,14+/m0/s1. The zero-order valence-electron chi connectivity index (χ0n) is 11.3. The Morgan fingerprint density at radius 1 is 1.41 bits per heavy atom. The Bertz CT molecular complexity index is 258. The Balaban J connectivity index is 2.41. The molecule has 0 amide bonds. The van der Waals surface area contributed by atoms with Crippen LogP contribution < -0.4 is 0 Å². The predicted octanol–water partition coefficient (Wildman–Crippen LogP) is 4.10. The summed E-state index contributed by atoms with van der Waals surface area (Å²) < 4.78 is 5.04. The number of carbonyl (C=O) groups is 1. The van der Waals surface area contributed by atoms with Gasteiger partial charge in [0.15, 0.2) is 0 Å². The molecule has 2 atom stereocenters. The van der Waals surface area contributed by atoms with Crippen molar-refractivity contribution in [2.75, 3.05) is 6.61 Å². The van der Waals surface area contributed by atoms with Gasteiger partial charge in [-0.1, -0.05) is 38.3 Å². The SMILES string of the molecule is C=C1CC[C@@H](CC(=O)OCC)[C@@H]1CCCCC. The Morgan fingerprint density at radius 2 is 2.18 bits per heavy atom. The molecule has 1 aliphatic rings. The van der Waals surface area contributed by atoms with E-state index in [-0.39, 0.29) is 5.97 Å². The van der Waals surface area contributed by atoms with Crippen molar-refractivity contribution in [3.8, 4) is 0 Å². The average Bonchev–Trinajstić information content (AvgIpc) is 2.62. The molecule has 0 spiro atoms. The molecule has 1 saturated carbocycles. The lowest BCUT2D eigenvalue weighted by Gasteiger charge is -2.19. The minimum atomic E-state index is -0.0345. The normalized spacial score (nSPS) is 24.0. The van der Waals surface area contributed by atoms with E-state index in [4.69, 9.17) is 4.74 Å². The van der Waals surface area contributed by atoms with E-state index in [2.05, 4.69) is 13.5 Å². The molecule has 0 aliphatic heterocycles. The Hall–Kier alpha value is -0.790. The van der Waals surface area contributed by atoms with Crippen LogP contribution in [0.15, 0.2) is 12.2 Å². The lowest BCUT2D eigenvalue weighted by Crippen LogP contribution is -2.16. The van der Waals surface area contributed by atoms with Crippen LogP contribution in [0.25, 0.3) is 0 Å². The largest absolute Gasteiger partial charge is 0.466 e. The van der Waals surface area contributed by atoms with Crippen LogP contribution in [0.5, 0.6) is 0 Å². The average molecular weight is 238 g/mol. The number of rotatable bonds is 7. The highest BCUT2D eigenvalue weighted by molar-refractivity contribution is 5.69. The summed E-state index contributed by atoms with van der Waals surface area (Å²) in [5.74, 6) is 1.01. The summed E-state index contributed by atoms with van der Waals surface area (Å²) in [6.45, 7) is 8.75. The van der Waals surface area contributed by atoms with Crippen LogP contribution in [-0.4, -0.2) is 12.6 Å². The van der Waals surface area contributed by atoms with Crippen LogP contribution in [0, 0.1) is 11.8 Å². The topological polar surface area (TPSA) is 26.3 Å². The lowest BCUT2D eigenvalue weighted by atomic mass is 9.87. The third kappa shape index (κ3) is 4.53. The molecule has 0 radical (unpaired) electrons. The Kier molecular flexibility index (Phi) is 6.31. The molecule has 98 valence electrons. The molecule has 0 N–H and O–H groups in total. The van der Waals surface area contributed by atoms with Gasteiger partial charge in [-0.3, -0.25) is 4.79 Å². The van der Waals surface area contributed by atoms with Crippen molar-refractivity contribution in [1.29, 1.82) is 0 Å². The summed E-state index contributed by atoms with van der Waals surface area (Å²) in [6, 6.07) is 0. The van der Waals surface area contributed by atoms with Gasteiger partial charge in [-0.05, 0) is 38.0 Å². The van der Waals surface area contributed by atoms with Crippen molar-refractivity contribution in [3.63, 3.8) is 0 Å². The number of hydrogen-bond donors (Lipinski definition) is 0. The highest BCUT2D eigenvalue weighted by Gasteiger charge is 2.31. The molecule has 0 aromatic carbocycles. The molecule has 0 aromatic heterocycles. The quantitative estimate of drug-likeness (QED) is 0.379. The first-order valence-electron chi connectivity index (χ1n) is 7.02. The van der Waals surface area contributed by atoms with Crippen molar-refractivity contribution < 1.29 is 9.53 Å². The molecule has 17 heavy (non-hydrogen) atoms. The maximum atomic E-state index is 11.5. The van der Waals surface area contributed by atoms with Gasteiger partial charge in [0.2, 0.25) is 0 Å². The van der Waals surface area contributed by atoms with E-state index in [1.54, 1.807) is 0 Å². The molecule has 0 heterocycles. The van der Waals surface area contributed by atoms with E-state index in [0.29, 0.717) is 24.9 Å². The van der Waals surface area contributed by atoms with Crippen LogP contribution in [0.3, 0.4) is 0 Å². The fourth-order valence-electron chi connectivity index (χ4n) is 2.82. The van der Waals surface area contributed by atoms with Crippen LogP contribution in [0.2, 0.25) is 0 Å². The van der Waals surface area contributed by atoms with Crippen molar-refractivity contribution in [3.05, 3.63) is 12.2 Å². The first kappa shape index (κ1) is 14.3. The molecule has 1 fully saturated rings.